The van der Waals surface area contributed by atoms with Crippen molar-refractivity contribution in [2.75, 3.05) is 5.32 Å². The van der Waals surface area contributed by atoms with Crippen molar-refractivity contribution in [1.82, 2.24) is 4.98 Å². The third kappa shape index (κ3) is 3.67. The maximum absolute atomic E-state index is 13.0. The van der Waals surface area contributed by atoms with Crippen LogP contribution in [0, 0.1) is 5.82 Å². The normalized spacial score (nSPS) is 10.9. The van der Waals surface area contributed by atoms with Gasteiger partial charge in [-0.2, -0.15) is 0 Å². The topological polar surface area (TPSA) is 42.0 Å². The molecule has 0 spiro atoms. The van der Waals surface area contributed by atoms with Crippen LogP contribution in [0.1, 0.15) is 10.4 Å². The smallest absolute Gasteiger partial charge is 0.255 e. The van der Waals surface area contributed by atoms with Gasteiger partial charge in [0.15, 0.2) is 0 Å². The molecule has 7 heteroatoms. The van der Waals surface area contributed by atoms with Gasteiger partial charge >= 0.3 is 0 Å². The van der Waals surface area contributed by atoms with Gasteiger partial charge in [-0.1, -0.05) is 35.3 Å². The number of rotatable bonds is 3. The molecule has 1 aromatic heterocycles. The van der Waals surface area contributed by atoms with Crippen LogP contribution >= 0.6 is 34.5 Å². The first-order valence-corrected chi connectivity index (χ1v) is 9.50. The lowest BCUT2D eigenvalue weighted by Gasteiger charge is -2.10. The SMILES string of the molecule is O=C(Nc1cc(-c2nc3ccccc3s2)c(Cl)cc1Cl)c1ccc(F)cc1. The summed E-state index contributed by atoms with van der Waals surface area (Å²) in [6.07, 6.45) is 0. The van der Waals surface area contributed by atoms with Crippen LogP contribution in [-0.4, -0.2) is 10.9 Å². The van der Waals surface area contributed by atoms with E-state index < -0.39 is 11.7 Å². The number of fused-ring (bicyclic) bond motifs is 1. The molecule has 3 aromatic carbocycles. The second-order valence-corrected chi connectivity index (χ2v) is 7.60. The Morgan fingerprint density at radius 3 is 2.48 bits per heavy atom. The molecule has 0 saturated heterocycles. The molecule has 0 saturated carbocycles. The number of hydrogen-bond donors (Lipinski definition) is 1. The van der Waals surface area contributed by atoms with Crippen LogP contribution in [0.5, 0.6) is 0 Å². The number of thiazole rings is 1. The van der Waals surface area contributed by atoms with Gasteiger partial charge in [-0.05, 0) is 48.5 Å². The Hall–Kier alpha value is -2.47. The lowest BCUT2D eigenvalue weighted by molar-refractivity contribution is 0.102. The Labute approximate surface area is 168 Å². The molecule has 1 N–H and O–H groups in total. The molecule has 4 aromatic rings. The number of nitrogens with zero attached hydrogens (tertiary/aromatic N) is 1. The van der Waals surface area contributed by atoms with Crippen LogP contribution in [0.3, 0.4) is 0 Å². The molecule has 0 radical (unpaired) electrons. The van der Waals surface area contributed by atoms with Crippen LogP contribution in [0.4, 0.5) is 10.1 Å². The molecule has 27 heavy (non-hydrogen) atoms. The molecule has 134 valence electrons. The standard InChI is InChI=1S/C20H11Cl2FN2OS/c21-14-10-15(22)17(24-19(26)11-5-7-12(23)8-6-11)9-13(14)20-25-16-3-1-2-4-18(16)27-20/h1-10H,(H,24,26). The monoisotopic (exact) mass is 416 g/mol. The van der Waals surface area contributed by atoms with Crippen LogP contribution in [0.15, 0.2) is 60.7 Å². The molecule has 0 unspecified atom stereocenters. The Morgan fingerprint density at radius 2 is 1.74 bits per heavy atom. The number of nitrogens with one attached hydrogen (secondary N) is 1. The molecule has 0 aliphatic heterocycles. The second-order valence-electron chi connectivity index (χ2n) is 5.76. The van der Waals surface area contributed by atoms with Crippen LogP contribution < -0.4 is 5.32 Å². The first kappa shape index (κ1) is 17.9. The predicted octanol–water partition coefficient (Wildman–Crippen LogP) is 6.66. The van der Waals surface area contributed by atoms with Gasteiger partial charge in [-0.3, -0.25) is 4.79 Å². The minimum absolute atomic E-state index is 0.306. The summed E-state index contributed by atoms with van der Waals surface area (Å²) in [5.74, 6) is -0.802. The number of benzene rings is 3. The second kappa shape index (κ2) is 7.27. The van der Waals surface area contributed by atoms with E-state index in [4.69, 9.17) is 23.2 Å². The maximum Gasteiger partial charge on any atom is 0.255 e. The number of anilines is 1. The van der Waals surface area contributed by atoms with Gasteiger partial charge in [0.05, 0.1) is 25.9 Å². The summed E-state index contributed by atoms with van der Waals surface area (Å²) in [6.45, 7) is 0. The summed E-state index contributed by atoms with van der Waals surface area (Å²) in [6, 6.07) is 16.3. The molecule has 4 rings (SSSR count). The largest absolute Gasteiger partial charge is 0.321 e. The first-order chi connectivity index (χ1) is 13.0. The third-order valence-electron chi connectivity index (χ3n) is 3.94. The van der Waals surface area contributed by atoms with Crippen LogP contribution in [0.25, 0.3) is 20.8 Å². The lowest BCUT2D eigenvalue weighted by atomic mass is 10.1. The molecule has 3 nitrogen and oxygen atoms in total. The van der Waals surface area contributed by atoms with Crippen molar-refractivity contribution in [3.05, 3.63) is 82.1 Å². The van der Waals surface area contributed by atoms with E-state index in [0.29, 0.717) is 26.9 Å². The van der Waals surface area contributed by atoms with Gasteiger partial charge < -0.3 is 5.32 Å². The minimum atomic E-state index is -0.408. The zero-order valence-corrected chi connectivity index (χ0v) is 16.0. The summed E-state index contributed by atoms with van der Waals surface area (Å²) < 4.78 is 14.1. The highest BCUT2D eigenvalue weighted by Gasteiger charge is 2.15. The molecular weight excluding hydrogens is 406 g/mol. The molecule has 1 amide bonds. The van der Waals surface area contributed by atoms with Crippen molar-refractivity contribution in [1.29, 1.82) is 0 Å². The van der Waals surface area contributed by atoms with Crippen molar-refractivity contribution in [2.45, 2.75) is 0 Å². The molecular formula is C20H11Cl2FN2OS. The van der Waals surface area contributed by atoms with E-state index in [1.807, 2.05) is 24.3 Å². The van der Waals surface area contributed by atoms with Gasteiger partial charge in [-0.15, -0.1) is 11.3 Å². The van der Waals surface area contributed by atoms with Crippen molar-refractivity contribution >= 4 is 56.3 Å². The Bertz CT molecular complexity index is 1130. The Morgan fingerprint density at radius 1 is 1.00 bits per heavy atom. The highest BCUT2D eigenvalue weighted by molar-refractivity contribution is 7.21. The van der Waals surface area contributed by atoms with Gasteiger partial charge in [-0.25, -0.2) is 9.37 Å². The van der Waals surface area contributed by atoms with Crippen molar-refractivity contribution < 1.29 is 9.18 Å². The third-order valence-corrected chi connectivity index (χ3v) is 5.63. The number of hydrogen-bond acceptors (Lipinski definition) is 3. The number of carbonyl (C=O) groups is 1. The summed E-state index contributed by atoms with van der Waals surface area (Å²) in [4.78, 5) is 17.0. The van der Waals surface area contributed by atoms with Crippen molar-refractivity contribution in [2.24, 2.45) is 0 Å². The molecule has 0 atom stereocenters. The molecule has 0 bridgehead atoms. The Balaban J connectivity index is 1.70. The Kier molecular flexibility index (Phi) is 4.83. The van der Waals surface area contributed by atoms with E-state index in [9.17, 15) is 9.18 Å². The number of amides is 1. The zero-order valence-electron chi connectivity index (χ0n) is 13.7. The fraction of sp³-hybridized carbons (Fsp3) is 0. The quantitative estimate of drug-likeness (QED) is 0.405. The van der Waals surface area contributed by atoms with E-state index in [-0.39, 0.29) is 0 Å². The lowest BCUT2D eigenvalue weighted by Crippen LogP contribution is -2.12. The predicted molar refractivity (Wildman–Crippen MR) is 109 cm³/mol. The highest BCUT2D eigenvalue weighted by Crippen LogP contribution is 2.39. The van der Waals surface area contributed by atoms with Gasteiger partial charge in [0.25, 0.3) is 5.91 Å². The molecule has 0 aliphatic carbocycles. The van der Waals surface area contributed by atoms with Crippen molar-refractivity contribution in [3.63, 3.8) is 0 Å². The van der Waals surface area contributed by atoms with E-state index in [1.54, 1.807) is 12.1 Å². The van der Waals surface area contributed by atoms with E-state index >= 15 is 0 Å². The average Bonchev–Trinajstić information content (AvgIpc) is 3.08. The molecule has 1 heterocycles. The molecule has 0 aliphatic rings. The number of aromatic nitrogens is 1. The van der Waals surface area contributed by atoms with Crippen molar-refractivity contribution in [3.8, 4) is 10.6 Å². The fourth-order valence-electron chi connectivity index (χ4n) is 2.59. The summed E-state index contributed by atoms with van der Waals surface area (Å²) in [5, 5.41) is 4.22. The minimum Gasteiger partial charge on any atom is -0.321 e. The molecule has 0 fully saturated rings. The zero-order chi connectivity index (χ0) is 19.0. The maximum atomic E-state index is 13.0. The highest BCUT2D eigenvalue weighted by atomic mass is 35.5. The summed E-state index contributed by atoms with van der Waals surface area (Å²) in [5.41, 5.74) is 2.28. The van der Waals surface area contributed by atoms with E-state index in [2.05, 4.69) is 10.3 Å². The van der Waals surface area contributed by atoms with Gasteiger partial charge in [0, 0.05) is 11.1 Å². The first-order valence-electron chi connectivity index (χ1n) is 7.93. The van der Waals surface area contributed by atoms with Crippen LogP contribution in [-0.2, 0) is 0 Å². The van der Waals surface area contributed by atoms with E-state index in [1.165, 1.54) is 35.6 Å². The van der Waals surface area contributed by atoms with Crippen LogP contribution in [0.2, 0.25) is 10.0 Å². The van der Waals surface area contributed by atoms with E-state index in [0.717, 1.165) is 15.2 Å². The number of carbonyl (C=O) groups excluding carboxylic acids is 1. The van der Waals surface area contributed by atoms with Gasteiger partial charge in [0.1, 0.15) is 10.8 Å². The van der Waals surface area contributed by atoms with Gasteiger partial charge in [0.2, 0.25) is 0 Å². The average molecular weight is 417 g/mol. The summed E-state index contributed by atoms with van der Waals surface area (Å²) >= 11 is 14.1. The number of para-hydroxylation sites is 1. The number of halogens is 3. The summed E-state index contributed by atoms with van der Waals surface area (Å²) in [7, 11) is 0. The fourth-order valence-corrected chi connectivity index (χ4v) is 4.16.